The van der Waals surface area contributed by atoms with E-state index >= 15 is 0 Å². The first-order valence-corrected chi connectivity index (χ1v) is 23.8. The zero-order chi connectivity index (χ0) is 41.8. The maximum absolute atomic E-state index is 13.9. The molecule has 316 valence electrons. The predicted octanol–water partition coefficient (Wildman–Crippen LogP) is 7.17. The first-order chi connectivity index (χ1) is 28.5. The average Bonchev–Trinajstić information content (AvgIpc) is 3.23. The summed E-state index contributed by atoms with van der Waals surface area (Å²) in [6.07, 6.45) is -10.9. The molecule has 12 nitrogen and oxygen atoms in total. The van der Waals surface area contributed by atoms with Crippen molar-refractivity contribution in [1.82, 2.24) is 0 Å². The molecule has 0 radical (unpaired) electrons. The van der Waals surface area contributed by atoms with Crippen LogP contribution in [0.15, 0.2) is 121 Å². The molecule has 0 spiro atoms. The van der Waals surface area contributed by atoms with Gasteiger partial charge in [-0.15, -0.1) is 0 Å². The fourth-order valence-corrected chi connectivity index (χ4v) is 7.67. The summed E-state index contributed by atoms with van der Waals surface area (Å²) >= 11 is 0. The van der Waals surface area contributed by atoms with Crippen molar-refractivity contribution < 1.29 is 57.3 Å². The first-order valence-electron chi connectivity index (χ1n) is 20.1. The molecule has 59 heavy (non-hydrogen) atoms. The predicted molar refractivity (Wildman–Crippen MR) is 221 cm³/mol. The number of aliphatic hydroxyl groups excluding tert-OH is 1. The summed E-state index contributed by atoms with van der Waals surface area (Å²) in [5.74, 6) is -1.36. The third-order valence-electron chi connectivity index (χ3n) is 10.2. The first kappa shape index (κ1) is 44.3. The van der Waals surface area contributed by atoms with E-state index in [2.05, 4.69) is 19.6 Å². The molecule has 0 unspecified atom stereocenters. The van der Waals surface area contributed by atoms with Crippen molar-refractivity contribution in [3.05, 3.63) is 144 Å². The monoisotopic (exact) mass is 828 g/mol. The van der Waals surface area contributed by atoms with Crippen molar-refractivity contribution >= 4 is 20.0 Å². The summed E-state index contributed by atoms with van der Waals surface area (Å²) in [5, 5.41) is 11.4. The molecule has 0 saturated carbocycles. The van der Waals surface area contributed by atoms with Gasteiger partial charge in [0.25, 0.3) is 0 Å². The zero-order valence-electron chi connectivity index (χ0n) is 34.3. The largest absolute Gasteiger partial charge is 0.450 e. The molecule has 0 bridgehead atoms. The highest BCUT2D eigenvalue weighted by molar-refractivity contribution is 6.76. The van der Waals surface area contributed by atoms with Crippen LogP contribution >= 0.6 is 0 Å². The Morgan fingerprint density at radius 2 is 1.03 bits per heavy atom. The third kappa shape index (κ3) is 12.6. The summed E-state index contributed by atoms with van der Waals surface area (Å²) in [6, 6.07) is 37.1. The summed E-state index contributed by atoms with van der Waals surface area (Å²) in [5.41, 5.74) is 2.36. The topological polar surface area (TPSA) is 137 Å². The van der Waals surface area contributed by atoms with Gasteiger partial charge in [-0.25, -0.2) is 9.59 Å². The summed E-state index contributed by atoms with van der Waals surface area (Å²) in [6.45, 7) is 11.1. The number of hydrogen-bond donors (Lipinski definition) is 1. The van der Waals surface area contributed by atoms with Crippen LogP contribution < -0.4 is 0 Å². The molecule has 2 saturated heterocycles. The number of ether oxygens (including phenoxy) is 9. The Kier molecular flexibility index (Phi) is 16.0. The highest BCUT2D eigenvalue weighted by atomic mass is 28.3. The van der Waals surface area contributed by atoms with Gasteiger partial charge in [-0.3, -0.25) is 0 Å². The molecule has 0 aromatic heterocycles. The molecule has 13 heteroatoms. The van der Waals surface area contributed by atoms with Crippen molar-refractivity contribution in [3.63, 3.8) is 0 Å². The van der Waals surface area contributed by atoms with Gasteiger partial charge in [-0.2, -0.15) is 0 Å². The third-order valence-corrected chi connectivity index (χ3v) is 11.9. The lowest BCUT2D eigenvalue weighted by molar-refractivity contribution is -0.360. The van der Waals surface area contributed by atoms with Crippen LogP contribution in [0.4, 0.5) is 0 Å². The van der Waals surface area contributed by atoms with E-state index in [-0.39, 0.29) is 25.6 Å². The molecule has 6 rings (SSSR count). The van der Waals surface area contributed by atoms with Crippen molar-refractivity contribution in [2.24, 2.45) is 0 Å². The Morgan fingerprint density at radius 3 is 1.54 bits per heavy atom. The van der Waals surface area contributed by atoms with Crippen LogP contribution in [-0.2, 0) is 55.8 Å². The fourth-order valence-electron chi connectivity index (χ4n) is 6.91. The van der Waals surface area contributed by atoms with Crippen LogP contribution in [0.3, 0.4) is 0 Å². The lowest BCUT2D eigenvalue weighted by Crippen LogP contribution is -2.65. The van der Waals surface area contributed by atoms with Crippen LogP contribution in [0.5, 0.6) is 0 Å². The fraction of sp³-hybridized carbons (Fsp3) is 0.435. The number of benzene rings is 4. The Morgan fingerprint density at radius 1 is 0.576 bits per heavy atom. The maximum atomic E-state index is 13.9. The lowest BCUT2D eigenvalue weighted by Gasteiger charge is -2.48. The standard InChI is InChI=1S/C46H56O12Si/c1-31-38(52-29-34-20-12-7-13-21-34)40(41(45(49)54-31)56-43(47)35-22-14-8-15-23-35)58-46-42(57-44(48)36-24-16-9-17-25-36)39(53-30-50-26-27-59(3,4)5)37(32(2)55-46)51-28-33-18-10-6-11-19-33/h6-25,31-32,37-42,45-46,49H,26-30H2,1-5H3/t31-,32-,37-,38-,39+,40+,41+,42+,45+,46-/m0/s1. The Balaban J connectivity index is 1.35. The molecule has 10 atom stereocenters. The second kappa shape index (κ2) is 21.3. The molecule has 4 aromatic carbocycles. The summed E-state index contributed by atoms with van der Waals surface area (Å²) in [4.78, 5) is 27.5. The summed E-state index contributed by atoms with van der Waals surface area (Å²) < 4.78 is 57.2. The van der Waals surface area contributed by atoms with Crippen molar-refractivity contribution in [2.45, 2.75) is 114 Å². The van der Waals surface area contributed by atoms with Crippen LogP contribution in [0.25, 0.3) is 0 Å². The molecule has 1 N–H and O–H groups in total. The van der Waals surface area contributed by atoms with E-state index in [1.807, 2.05) is 67.6 Å². The second-order valence-electron chi connectivity index (χ2n) is 16.0. The van der Waals surface area contributed by atoms with E-state index < -0.39 is 81.4 Å². The molecule has 2 fully saturated rings. The molecular weight excluding hydrogens is 773 g/mol. The summed E-state index contributed by atoms with van der Waals surface area (Å²) in [7, 11) is -1.41. The highest BCUT2D eigenvalue weighted by Crippen LogP contribution is 2.35. The minimum absolute atomic E-state index is 0.119. The van der Waals surface area contributed by atoms with Gasteiger partial charge in [0.1, 0.15) is 31.2 Å². The molecule has 4 aromatic rings. The van der Waals surface area contributed by atoms with Crippen LogP contribution in [0, 0.1) is 0 Å². The average molecular weight is 829 g/mol. The van der Waals surface area contributed by atoms with Crippen LogP contribution in [-0.4, -0.2) is 99.9 Å². The van der Waals surface area contributed by atoms with Gasteiger partial charge in [0, 0.05) is 14.7 Å². The van der Waals surface area contributed by atoms with Gasteiger partial charge < -0.3 is 47.7 Å². The SMILES string of the molecule is C[C@@H]1O[C@@H](O)[C@H](OC(=O)c2ccccc2)[C@H](O[C@@H]2O[C@@H](C)[C@H](OCc3ccccc3)[C@@H](OCOCC[Si](C)(C)C)[C@H]2OC(=O)c2ccccc2)[C@H]1OCc1ccccc1. The molecule has 2 aliphatic rings. The van der Waals surface area contributed by atoms with Gasteiger partial charge in [-0.05, 0) is 55.3 Å². The van der Waals surface area contributed by atoms with E-state index in [4.69, 9.17) is 42.6 Å². The van der Waals surface area contributed by atoms with E-state index in [0.29, 0.717) is 12.2 Å². The molecule has 0 amide bonds. The van der Waals surface area contributed by atoms with Gasteiger partial charge in [0.15, 0.2) is 24.8 Å². The van der Waals surface area contributed by atoms with Crippen LogP contribution in [0.2, 0.25) is 25.7 Å². The molecule has 2 aliphatic heterocycles. The van der Waals surface area contributed by atoms with Gasteiger partial charge in [-0.1, -0.05) is 117 Å². The number of rotatable bonds is 18. The maximum Gasteiger partial charge on any atom is 0.338 e. The van der Waals surface area contributed by atoms with E-state index in [1.54, 1.807) is 67.6 Å². The van der Waals surface area contributed by atoms with Crippen molar-refractivity contribution in [2.75, 3.05) is 13.4 Å². The minimum Gasteiger partial charge on any atom is -0.450 e. The zero-order valence-corrected chi connectivity index (χ0v) is 35.3. The molecular formula is C46H56O12Si. The second-order valence-corrected chi connectivity index (χ2v) is 21.6. The number of carbonyl (C=O) groups is 2. The van der Waals surface area contributed by atoms with Gasteiger partial charge >= 0.3 is 11.9 Å². The Hall–Kier alpha value is -4.28. The van der Waals surface area contributed by atoms with E-state index in [0.717, 1.165) is 17.2 Å². The number of carbonyl (C=O) groups excluding carboxylic acids is 2. The molecule has 0 aliphatic carbocycles. The quantitative estimate of drug-likeness (QED) is 0.0471. The number of esters is 2. The smallest absolute Gasteiger partial charge is 0.338 e. The van der Waals surface area contributed by atoms with E-state index in [1.165, 1.54) is 0 Å². The normalized spacial score (nSPS) is 27.2. The van der Waals surface area contributed by atoms with Crippen molar-refractivity contribution in [3.8, 4) is 0 Å². The van der Waals surface area contributed by atoms with Gasteiger partial charge in [0.2, 0.25) is 0 Å². The lowest BCUT2D eigenvalue weighted by atomic mass is 9.96. The van der Waals surface area contributed by atoms with Crippen LogP contribution in [0.1, 0.15) is 45.7 Å². The number of aliphatic hydroxyl groups is 1. The highest BCUT2D eigenvalue weighted by Gasteiger charge is 2.54. The van der Waals surface area contributed by atoms with Gasteiger partial charge in [0.05, 0.1) is 36.5 Å². The minimum atomic E-state index is -1.61. The Bertz CT molecular complexity index is 1860. The molecule has 2 heterocycles. The van der Waals surface area contributed by atoms with E-state index in [9.17, 15) is 14.7 Å². The number of hydrogen-bond acceptors (Lipinski definition) is 12. The Labute approximate surface area is 347 Å². The van der Waals surface area contributed by atoms with Crippen molar-refractivity contribution in [1.29, 1.82) is 0 Å².